The van der Waals surface area contributed by atoms with Crippen LogP contribution >= 0.6 is 22.6 Å². The maximum Gasteiger partial charge on any atom is 0.368 e. The van der Waals surface area contributed by atoms with Gasteiger partial charge in [0, 0.05) is 16.2 Å². The van der Waals surface area contributed by atoms with Crippen LogP contribution in [0.2, 0.25) is 0 Å². The summed E-state index contributed by atoms with van der Waals surface area (Å²) >= 11 is 2.12. The van der Waals surface area contributed by atoms with E-state index in [-0.39, 0.29) is 12.3 Å². The molecule has 0 bridgehead atoms. The van der Waals surface area contributed by atoms with E-state index in [1.54, 1.807) is 12.1 Å². The van der Waals surface area contributed by atoms with Crippen molar-refractivity contribution in [2.45, 2.75) is 6.61 Å². The topological polar surface area (TPSA) is 91.0 Å². The van der Waals surface area contributed by atoms with Crippen LogP contribution in [0.15, 0.2) is 23.0 Å². The lowest BCUT2D eigenvalue weighted by molar-refractivity contribution is -0.121. The zero-order chi connectivity index (χ0) is 13.8. The highest BCUT2D eigenvalue weighted by Crippen LogP contribution is 2.19. The fourth-order valence-electron chi connectivity index (χ4n) is 1.50. The predicted molar refractivity (Wildman–Crippen MR) is 73.3 cm³/mol. The average molecular weight is 375 g/mol. The molecule has 2 aromatic rings. The third-order valence-electron chi connectivity index (χ3n) is 2.39. The maximum atomic E-state index is 11.8. The fraction of sp³-hybridized carbons (Fsp3) is 0.200. The summed E-state index contributed by atoms with van der Waals surface area (Å²) in [5.74, 6) is 0. The lowest BCUT2D eigenvalue weighted by Gasteiger charge is -2.09. The molecule has 1 heterocycles. The minimum atomic E-state index is -0.355. The van der Waals surface area contributed by atoms with Crippen LogP contribution < -0.4 is 11.2 Å². The largest absolute Gasteiger partial charge is 0.368 e. The summed E-state index contributed by atoms with van der Waals surface area (Å²) in [6.07, 6.45) is 0.434. The molecule has 1 aromatic carbocycles. The second kappa shape index (κ2) is 5.93. The number of tetrazole rings is 1. The van der Waals surface area contributed by atoms with Crippen LogP contribution in [0.25, 0.3) is 5.69 Å². The number of nitrogens with zero attached hydrogens (tertiary/aromatic N) is 4. The molecule has 19 heavy (non-hydrogen) atoms. The molecule has 1 amide bonds. The van der Waals surface area contributed by atoms with Gasteiger partial charge in [0.2, 0.25) is 6.41 Å². The summed E-state index contributed by atoms with van der Waals surface area (Å²) in [4.78, 5) is 27.0. The first kappa shape index (κ1) is 13.7. The smallest absolute Gasteiger partial charge is 0.277 e. The van der Waals surface area contributed by atoms with E-state index in [1.165, 1.54) is 11.7 Å². The number of carbonyl (C=O) groups excluding carboxylic acids is 1. The number of aryl methyl sites for hydroxylation is 1. The van der Waals surface area contributed by atoms with Crippen LogP contribution in [0, 0.1) is 3.57 Å². The number of halogens is 1. The van der Waals surface area contributed by atoms with Gasteiger partial charge in [-0.1, -0.05) is 6.07 Å². The van der Waals surface area contributed by atoms with Gasteiger partial charge in [0.15, 0.2) is 0 Å². The Labute approximate surface area is 121 Å². The summed E-state index contributed by atoms with van der Waals surface area (Å²) < 4.78 is 3.20. The molecule has 0 aliphatic rings. The van der Waals surface area contributed by atoms with Crippen LogP contribution in [-0.2, 0) is 23.3 Å². The molecule has 0 fully saturated rings. The van der Waals surface area contributed by atoms with Crippen molar-refractivity contribution >= 4 is 29.0 Å². The molecular weight excluding hydrogens is 365 g/mol. The van der Waals surface area contributed by atoms with Crippen molar-refractivity contribution in [3.8, 4) is 5.69 Å². The van der Waals surface area contributed by atoms with Crippen molar-refractivity contribution in [1.82, 2.24) is 25.3 Å². The normalized spacial score (nSPS) is 10.4. The molecule has 0 spiro atoms. The second-order valence-corrected chi connectivity index (χ2v) is 4.72. The van der Waals surface area contributed by atoms with Gasteiger partial charge in [0.05, 0.1) is 5.69 Å². The van der Waals surface area contributed by atoms with E-state index in [9.17, 15) is 9.59 Å². The van der Waals surface area contributed by atoms with Gasteiger partial charge in [-0.05, 0) is 45.2 Å². The summed E-state index contributed by atoms with van der Waals surface area (Å²) in [6, 6.07) is 5.40. The molecule has 2 rings (SSSR count). The van der Waals surface area contributed by atoms with Crippen molar-refractivity contribution < 1.29 is 9.63 Å². The van der Waals surface area contributed by atoms with Crippen molar-refractivity contribution in [2.24, 2.45) is 7.05 Å². The van der Waals surface area contributed by atoms with E-state index in [1.807, 2.05) is 6.07 Å². The van der Waals surface area contributed by atoms with Crippen molar-refractivity contribution in [3.05, 3.63) is 37.8 Å². The molecule has 0 aliphatic heterocycles. The van der Waals surface area contributed by atoms with Gasteiger partial charge < -0.3 is 0 Å². The van der Waals surface area contributed by atoms with Gasteiger partial charge in [-0.3, -0.25) is 9.63 Å². The summed E-state index contributed by atoms with van der Waals surface area (Å²) in [5, 5.41) is 7.45. The molecule has 1 N–H and O–H groups in total. The van der Waals surface area contributed by atoms with E-state index >= 15 is 0 Å². The molecule has 0 saturated carbocycles. The molecule has 8 nitrogen and oxygen atoms in total. The minimum absolute atomic E-state index is 0.121. The van der Waals surface area contributed by atoms with E-state index in [0.717, 1.165) is 13.8 Å². The van der Waals surface area contributed by atoms with Crippen LogP contribution in [-0.4, -0.2) is 26.2 Å². The Morgan fingerprint density at radius 2 is 2.26 bits per heavy atom. The number of benzene rings is 1. The first-order chi connectivity index (χ1) is 9.15. The van der Waals surface area contributed by atoms with Crippen molar-refractivity contribution in [1.29, 1.82) is 0 Å². The first-order valence-electron chi connectivity index (χ1n) is 5.23. The SMILES string of the molecule is Cn1nnn(-c2cccc(I)c2CONC=O)c1=O. The third kappa shape index (κ3) is 2.81. The number of hydroxylamine groups is 1. The van der Waals surface area contributed by atoms with Gasteiger partial charge >= 0.3 is 5.69 Å². The highest BCUT2D eigenvalue weighted by atomic mass is 127. The number of amides is 1. The van der Waals surface area contributed by atoms with Crippen LogP contribution in [0.1, 0.15) is 5.56 Å². The van der Waals surface area contributed by atoms with Crippen molar-refractivity contribution in [2.75, 3.05) is 0 Å². The van der Waals surface area contributed by atoms with Gasteiger partial charge in [-0.25, -0.2) is 10.3 Å². The fourth-order valence-corrected chi connectivity index (χ4v) is 2.14. The van der Waals surface area contributed by atoms with Crippen LogP contribution in [0.5, 0.6) is 0 Å². The van der Waals surface area contributed by atoms with Crippen LogP contribution in [0.3, 0.4) is 0 Å². The Hall–Kier alpha value is -1.75. The Balaban J connectivity index is 2.45. The number of aromatic nitrogens is 4. The third-order valence-corrected chi connectivity index (χ3v) is 3.40. The van der Waals surface area contributed by atoms with E-state index < -0.39 is 0 Å². The Morgan fingerprint density at radius 1 is 1.47 bits per heavy atom. The highest BCUT2D eigenvalue weighted by molar-refractivity contribution is 14.1. The number of hydrogen-bond acceptors (Lipinski definition) is 5. The Kier molecular flexibility index (Phi) is 4.27. The molecule has 0 radical (unpaired) electrons. The van der Waals surface area contributed by atoms with Crippen LogP contribution in [0.4, 0.5) is 0 Å². The highest BCUT2D eigenvalue weighted by Gasteiger charge is 2.13. The molecule has 0 aliphatic carbocycles. The summed E-state index contributed by atoms with van der Waals surface area (Å²) in [7, 11) is 1.52. The number of rotatable bonds is 5. The number of hydrogen-bond donors (Lipinski definition) is 1. The molecule has 9 heteroatoms. The zero-order valence-electron chi connectivity index (χ0n) is 9.91. The molecule has 1 aromatic heterocycles. The Bertz CT molecular complexity index is 651. The monoisotopic (exact) mass is 375 g/mol. The summed E-state index contributed by atoms with van der Waals surface area (Å²) in [5.41, 5.74) is 3.06. The number of nitrogens with one attached hydrogen (secondary N) is 1. The molecule has 0 atom stereocenters. The van der Waals surface area contributed by atoms with E-state index in [0.29, 0.717) is 12.1 Å². The minimum Gasteiger partial charge on any atom is -0.277 e. The van der Waals surface area contributed by atoms with Gasteiger partial charge in [0.25, 0.3) is 0 Å². The second-order valence-electron chi connectivity index (χ2n) is 3.56. The van der Waals surface area contributed by atoms with E-state index in [2.05, 4.69) is 38.5 Å². The van der Waals surface area contributed by atoms with E-state index in [4.69, 9.17) is 4.84 Å². The molecule has 0 saturated heterocycles. The van der Waals surface area contributed by atoms with Crippen molar-refractivity contribution in [3.63, 3.8) is 0 Å². The summed E-state index contributed by atoms with van der Waals surface area (Å²) in [6.45, 7) is 0.121. The Morgan fingerprint density at radius 3 is 2.89 bits per heavy atom. The standard InChI is InChI=1S/C10H10IN5O3/c1-15-10(18)16(14-13-15)9-4-2-3-8(11)7(9)5-19-12-6-17/h2-4,6H,5H2,1H3,(H,12,17). The van der Waals surface area contributed by atoms with Gasteiger partial charge in [0.1, 0.15) is 6.61 Å². The molecule has 100 valence electrons. The predicted octanol–water partition coefficient (Wildman–Crippen LogP) is -0.252. The van der Waals surface area contributed by atoms with Gasteiger partial charge in [-0.15, -0.1) is 0 Å². The zero-order valence-corrected chi connectivity index (χ0v) is 12.1. The number of carbonyl (C=O) groups is 1. The maximum absolute atomic E-state index is 11.8. The molecular formula is C10H10IN5O3. The van der Waals surface area contributed by atoms with Gasteiger partial charge in [-0.2, -0.15) is 9.36 Å². The quantitative estimate of drug-likeness (QED) is 0.337. The molecule has 0 unspecified atom stereocenters. The average Bonchev–Trinajstić information content (AvgIpc) is 2.72. The lowest BCUT2D eigenvalue weighted by atomic mass is 10.2. The lowest BCUT2D eigenvalue weighted by Crippen LogP contribution is -2.23. The first-order valence-corrected chi connectivity index (χ1v) is 6.30.